The number of carbonyl (C=O) groups is 1. The van der Waals surface area contributed by atoms with E-state index in [-0.39, 0.29) is 5.56 Å². The number of aromatic nitrogens is 2. The lowest BCUT2D eigenvalue weighted by Gasteiger charge is -2.09. The number of hydrogen-bond donors (Lipinski definition) is 2. The van der Waals surface area contributed by atoms with Crippen LogP contribution in [-0.4, -0.2) is 25.5 Å². The van der Waals surface area contributed by atoms with Gasteiger partial charge in [0.15, 0.2) is 16.7 Å². The van der Waals surface area contributed by atoms with E-state index < -0.39 is 17.4 Å². The van der Waals surface area contributed by atoms with Gasteiger partial charge in [0.25, 0.3) is 0 Å². The summed E-state index contributed by atoms with van der Waals surface area (Å²) in [5.41, 5.74) is 1.34. The van der Waals surface area contributed by atoms with Crippen molar-refractivity contribution >= 4 is 44.7 Å². The van der Waals surface area contributed by atoms with Crippen molar-refractivity contribution in [2.75, 3.05) is 0 Å². The molecule has 0 atom stereocenters. The van der Waals surface area contributed by atoms with Gasteiger partial charge < -0.3 is 10.2 Å². The average Bonchev–Trinajstić information content (AvgIpc) is 3.30. The molecule has 5 nitrogen and oxygen atoms in total. The summed E-state index contributed by atoms with van der Waals surface area (Å²) >= 11 is 10.6. The molecular formula is C20H12BrClN2O3S. The molecule has 0 bridgehead atoms. The second-order valence-corrected chi connectivity index (χ2v) is 8.11. The molecule has 0 spiro atoms. The van der Waals surface area contributed by atoms with E-state index >= 15 is 0 Å². The summed E-state index contributed by atoms with van der Waals surface area (Å²) in [5, 5.41) is 24.0. The van der Waals surface area contributed by atoms with Gasteiger partial charge in [0, 0.05) is 26.6 Å². The third-order valence-electron chi connectivity index (χ3n) is 4.18. The molecule has 0 aliphatic carbocycles. The maximum absolute atomic E-state index is 13.2. The van der Waals surface area contributed by atoms with Crippen LogP contribution in [0.3, 0.4) is 0 Å². The highest BCUT2D eigenvalue weighted by Gasteiger charge is 2.30. The highest BCUT2D eigenvalue weighted by atomic mass is 79.9. The lowest BCUT2D eigenvalue weighted by Crippen LogP contribution is -2.04. The third-order valence-corrected chi connectivity index (χ3v) is 5.72. The number of thiazole rings is 1. The number of hydrogen-bond acceptors (Lipinski definition) is 5. The summed E-state index contributed by atoms with van der Waals surface area (Å²) < 4.78 is 2.24. The van der Waals surface area contributed by atoms with Crippen LogP contribution < -0.4 is 0 Å². The predicted octanol–water partition coefficient (Wildman–Crippen LogP) is 5.66. The molecule has 140 valence electrons. The zero-order valence-corrected chi connectivity index (χ0v) is 17.3. The molecule has 28 heavy (non-hydrogen) atoms. The molecule has 0 fully saturated rings. The maximum Gasteiger partial charge on any atom is 0.242 e. The van der Waals surface area contributed by atoms with Crippen molar-refractivity contribution in [3.8, 4) is 28.0 Å². The third kappa shape index (κ3) is 3.22. The SMILES string of the molecule is O=C(c1ccc(Cl)cc1)c1c(O)c(O)n(-c2nccs2)c1-c1ccc(Br)cc1. The molecule has 4 rings (SSSR count). The van der Waals surface area contributed by atoms with Crippen molar-refractivity contribution in [3.63, 3.8) is 0 Å². The first-order valence-electron chi connectivity index (χ1n) is 8.10. The topological polar surface area (TPSA) is 75.3 Å². The molecule has 0 amide bonds. The highest BCUT2D eigenvalue weighted by molar-refractivity contribution is 9.10. The molecule has 0 unspecified atom stereocenters. The molecule has 0 saturated heterocycles. The average molecular weight is 476 g/mol. The van der Waals surface area contributed by atoms with Crippen LogP contribution in [0.1, 0.15) is 15.9 Å². The van der Waals surface area contributed by atoms with Gasteiger partial charge in [0.1, 0.15) is 0 Å². The van der Waals surface area contributed by atoms with Crippen molar-refractivity contribution in [1.82, 2.24) is 9.55 Å². The molecule has 0 saturated carbocycles. The summed E-state index contributed by atoms with van der Waals surface area (Å²) in [7, 11) is 0. The van der Waals surface area contributed by atoms with Crippen molar-refractivity contribution < 1.29 is 15.0 Å². The first-order chi connectivity index (χ1) is 13.5. The Bertz CT molecular complexity index is 1150. The second kappa shape index (κ2) is 7.43. The molecular weight excluding hydrogens is 464 g/mol. The van der Waals surface area contributed by atoms with Crippen LogP contribution in [0.4, 0.5) is 0 Å². The minimum Gasteiger partial charge on any atom is -0.503 e. The number of carbonyl (C=O) groups excluding carboxylic acids is 1. The Hall–Kier alpha value is -2.61. The Kier molecular flexibility index (Phi) is 4.97. The van der Waals surface area contributed by atoms with Crippen LogP contribution in [0.15, 0.2) is 64.6 Å². The zero-order chi connectivity index (χ0) is 19.8. The minimum absolute atomic E-state index is 0.00246. The molecule has 8 heteroatoms. The molecule has 0 aliphatic heterocycles. The van der Waals surface area contributed by atoms with Gasteiger partial charge in [-0.15, -0.1) is 11.3 Å². The fourth-order valence-corrected chi connectivity index (χ4v) is 3.94. The Labute approximate surface area is 177 Å². The fourth-order valence-electron chi connectivity index (χ4n) is 2.90. The monoisotopic (exact) mass is 474 g/mol. The van der Waals surface area contributed by atoms with Crippen LogP contribution >= 0.6 is 38.9 Å². The lowest BCUT2D eigenvalue weighted by atomic mass is 9.99. The maximum atomic E-state index is 13.2. The molecule has 2 aromatic carbocycles. The first-order valence-corrected chi connectivity index (χ1v) is 10.1. The Morgan fingerprint density at radius 1 is 1.07 bits per heavy atom. The van der Waals surface area contributed by atoms with Crippen LogP contribution in [0.25, 0.3) is 16.4 Å². The molecule has 0 aliphatic rings. The van der Waals surface area contributed by atoms with Gasteiger partial charge in [-0.2, -0.15) is 0 Å². The standard InChI is InChI=1S/C20H12BrClN2O3S/c21-13-5-1-11(2-6-13)16-15(17(25)12-3-7-14(22)8-4-12)18(26)19(27)24(16)20-23-9-10-28-20/h1-10,26-27H. The molecule has 2 heterocycles. The quantitative estimate of drug-likeness (QED) is 0.374. The molecule has 2 aromatic heterocycles. The number of aromatic hydroxyl groups is 2. The Morgan fingerprint density at radius 3 is 2.36 bits per heavy atom. The van der Waals surface area contributed by atoms with E-state index in [1.807, 2.05) is 12.1 Å². The number of nitrogens with zero attached hydrogens (tertiary/aromatic N) is 2. The summed E-state index contributed by atoms with van der Waals surface area (Å²) in [6.07, 6.45) is 1.59. The fraction of sp³-hybridized carbons (Fsp3) is 0. The summed E-state index contributed by atoms with van der Waals surface area (Å²) in [5.74, 6) is -1.36. The van der Waals surface area contributed by atoms with Gasteiger partial charge in [-0.1, -0.05) is 39.7 Å². The molecule has 4 aromatic rings. The summed E-state index contributed by atoms with van der Waals surface area (Å²) in [6, 6.07) is 13.6. The molecule has 2 N–H and O–H groups in total. The van der Waals surface area contributed by atoms with Gasteiger partial charge in [-0.25, -0.2) is 4.98 Å². The van der Waals surface area contributed by atoms with Crippen molar-refractivity contribution in [1.29, 1.82) is 0 Å². The smallest absolute Gasteiger partial charge is 0.242 e. The van der Waals surface area contributed by atoms with Crippen LogP contribution in [-0.2, 0) is 0 Å². The van der Waals surface area contributed by atoms with Gasteiger partial charge in [0.05, 0.1) is 11.3 Å². The normalized spacial score (nSPS) is 10.9. The van der Waals surface area contributed by atoms with Crippen molar-refractivity contribution in [3.05, 3.63) is 80.7 Å². The van der Waals surface area contributed by atoms with E-state index in [0.29, 0.717) is 27.0 Å². The highest BCUT2D eigenvalue weighted by Crippen LogP contribution is 2.44. The Balaban J connectivity index is 2.00. The predicted molar refractivity (Wildman–Crippen MR) is 113 cm³/mol. The second-order valence-electron chi connectivity index (χ2n) is 5.89. The molecule has 0 radical (unpaired) electrons. The minimum atomic E-state index is -0.493. The Morgan fingerprint density at radius 2 is 1.75 bits per heavy atom. The first kappa shape index (κ1) is 18.7. The lowest BCUT2D eigenvalue weighted by molar-refractivity contribution is 0.103. The van der Waals surface area contributed by atoms with Gasteiger partial charge in [-0.05, 0) is 42.0 Å². The van der Waals surface area contributed by atoms with Gasteiger partial charge in [-0.3, -0.25) is 9.36 Å². The number of halogens is 2. The number of benzene rings is 2. The van der Waals surface area contributed by atoms with Crippen molar-refractivity contribution in [2.24, 2.45) is 0 Å². The van der Waals surface area contributed by atoms with Gasteiger partial charge >= 0.3 is 0 Å². The van der Waals surface area contributed by atoms with Crippen LogP contribution in [0, 0.1) is 0 Å². The van der Waals surface area contributed by atoms with E-state index in [1.54, 1.807) is 48.0 Å². The van der Waals surface area contributed by atoms with E-state index in [0.717, 1.165) is 4.47 Å². The summed E-state index contributed by atoms with van der Waals surface area (Å²) in [4.78, 5) is 17.4. The van der Waals surface area contributed by atoms with E-state index in [9.17, 15) is 15.0 Å². The van der Waals surface area contributed by atoms with Gasteiger partial charge in [0.2, 0.25) is 5.88 Å². The number of ketones is 1. The van der Waals surface area contributed by atoms with E-state index in [2.05, 4.69) is 20.9 Å². The van der Waals surface area contributed by atoms with Crippen LogP contribution in [0.2, 0.25) is 5.02 Å². The zero-order valence-electron chi connectivity index (χ0n) is 14.1. The van der Waals surface area contributed by atoms with Crippen LogP contribution in [0.5, 0.6) is 11.6 Å². The summed E-state index contributed by atoms with van der Waals surface area (Å²) in [6.45, 7) is 0. The van der Waals surface area contributed by atoms with Crippen molar-refractivity contribution in [2.45, 2.75) is 0 Å². The van der Waals surface area contributed by atoms with E-state index in [4.69, 9.17) is 11.6 Å². The largest absolute Gasteiger partial charge is 0.503 e. The number of rotatable bonds is 4. The van der Waals surface area contributed by atoms with E-state index in [1.165, 1.54) is 15.9 Å².